The molecular weight excluding hydrogens is 432 g/mol. The monoisotopic (exact) mass is 464 g/mol. The van der Waals surface area contributed by atoms with Crippen molar-refractivity contribution in [1.29, 1.82) is 0 Å². The van der Waals surface area contributed by atoms with Gasteiger partial charge in [-0.1, -0.05) is 30.2 Å². The van der Waals surface area contributed by atoms with E-state index in [1.165, 1.54) is 22.9 Å². The average molecular weight is 465 g/mol. The molecule has 5 nitrogen and oxygen atoms in total. The Morgan fingerprint density at radius 1 is 1.16 bits per heavy atom. The molecule has 0 saturated heterocycles. The highest BCUT2D eigenvalue weighted by atomic mass is 35.5. The molecule has 0 atom stereocenters. The standard InChI is InChI=1S/C24H33ClN2O3S/c1-17(2)29-24(13-7-6-8-14-24)30-19-11-9-18(10-12-19)16-31-20-15-26-27(23(3,4)5)22(28)21(20)25/h9-12,15,17H,6-8,13-14,16H2,1-5H3. The van der Waals surface area contributed by atoms with E-state index < -0.39 is 11.3 Å². The zero-order chi connectivity index (χ0) is 22.6. The van der Waals surface area contributed by atoms with Gasteiger partial charge < -0.3 is 9.47 Å². The molecule has 0 radical (unpaired) electrons. The highest BCUT2D eigenvalue weighted by molar-refractivity contribution is 7.98. The Kier molecular flexibility index (Phi) is 7.76. The molecule has 0 spiro atoms. The van der Waals surface area contributed by atoms with E-state index in [0.717, 1.165) is 37.0 Å². The van der Waals surface area contributed by atoms with E-state index in [9.17, 15) is 4.79 Å². The van der Waals surface area contributed by atoms with Crippen LogP contribution in [0.25, 0.3) is 0 Å². The Morgan fingerprint density at radius 2 is 1.81 bits per heavy atom. The Balaban J connectivity index is 1.66. The lowest BCUT2D eigenvalue weighted by Crippen LogP contribution is -2.43. The molecule has 0 unspecified atom stereocenters. The molecule has 1 aliphatic rings. The van der Waals surface area contributed by atoms with Crippen LogP contribution in [0.1, 0.15) is 72.3 Å². The zero-order valence-corrected chi connectivity index (χ0v) is 20.7. The van der Waals surface area contributed by atoms with Crippen LogP contribution in [-0.4, -0.2) is 21.7 Å². The van der Waals surface area contributed by atoms with Gasteiger partial charge in [-0.15, -0.1) is 11.8 Å². The predicted molar refractivity (Wildman–Crippen MR) is 127 cm³/mol. The SMILES string of the molecule is CC(C)OC1(Oc2ccc(CSc3cnn(C(C)(C)C)c(=O)c3Cl)cc2)CCCCC1. The van der Waals surface area contributed by atoms with Crippen molar-refractivity contribution in [3.63, 3.8) is 0 Å². The molecule has 1 fully saturated rings. The number of nitrogens with zero attached hydrogens (tertiary/aromatic N) is 2. The summed E-state index contributed by atoms with van der Waals surface area (Å²) in [5, 5.41) is 4.52. The summed E-state index contributed by atoms with van der Waals surface area (Å²) >= 11 is 7.84. The van der Waals surface area contributed by atoms with Crippen molar-refractivity contribution in [3.8, 4) is 5.75 Å². The van der Waals surface area contributed by atoms with Crippen molar-refractivity contribution in [2.24, 2.45) is 0 Å². The lowest BCUT2D eigenvalue weighted by molar-refractivity contribution is -0.220. The van der Waals surface area contributed by atoms with Gasteiger partial charge in [-0.05, 0) is 65.2 Å². The summed E-state index contributed by atoms with van der Waals surface area (Å²) in [6.45, 7) is 9.90. The van der Waals surface area contributed by atoms with Crippen LogP contribution in [0.2, 0.25) is 5.02 Å². The first-order chi connectivity index (χ1) is 14.6. The first-order valence-electron chi connectivity index (χ1n) is 11.0. The van der Waals surface area contributed by atoms with Crippen LogP contribution in [0, 0.1) is 0 Å². The molecule has 1 aliphatic carbocycles. The van der Waals surface area contributed by atoms with Gasteiger partial charge in [-0.2, -0.15) is 5.10 Å². The molecule has 1 aromatic heterocycles. The van der Waals surface area contributed by atoms with Crippen LogP contribution in [0.3, 0.4) is 0 Å². The molecule has 170 valence electrons. The van der Waals surface area contributed by atoms with Gasteiger partial charge in [0.2, 0.25) is 5.79 Å². The highest BCUT2D eigenvalue weighted by Gasteiger charge is 2.36. The Hall–Kier alpha value is -1.50. The van der Waals surface area contributed by atoms with E-state index in [4.69, 9.17) is 21.1 Å². The Morgan fingerprint density at radius 3 is 2.39 bits per heavy atom. The molecular formula is C24H33ClN2O3S. The van der Waals surface area contributed by atoms with Gasteiger partial charge in [0.1, 0.15) is 10.8 Å². The molecule has 0 amide bonds. The minimum atomic E-state index is -0.515. The molecule has 1 heterocycles. The maximum atomic E-state index is 12.5. The molecule has 0 bridgehead atoms. The van der Waals surface area contributed by atoms with Crippen molar-refractivity contribution in [2.45, 2.75) is 94.8 Å². The number of rotatable bonds is 7. The van der Waals surface area contributed by atoms with Crippen molar-refractivity contribution < 1.29 is 9.47 Å². The maximum Gasteiger partial charge on any atom is 0.287 e. The number of ether oxygens (including phenoxy) is 2. The Bertz CT molecular complexity index is 929. The van der Waals surface area contributed by atoms with Crippen molar-refractivity contribution in [3.05, 3.63) is 51.4 Å². The van der Waals surface area contributed by atoms with Crippen molar-refractivity contribution in [2.75, 3.05) is 0 Å². The first-order valence-corrected chi connectivity index (χ1v) is 12.3. The number of thioether (sulfide) groups is 1. The van der Waals surface area contributed by atoms with Crippen LogP contribution >= 0.6 is 23.4 Å². The molecule has 1 aromatic carbocycles. The van der Waals surface area contributed by atoms with E-state index in [2.05, 4.69) is 18.9 Å². The summed E-state index contributed by atoms with van der Waals surface area (Å²) in [5.41, 5.74) is 0.455. The van der Waals surface area contributed by atoms with Crippen molar-refractivity contribution >= 4 is 23.4 Å². The third-order valence-electron chi connectivity index (χ3n) is 5.21. The van der Waals surface area contributed by atoms with Crippen molar-refractivity contribution in [1.82, 2.24) is 9.78 Å². The average Bonchev–Trinajstić information content (AvgIpc) is 2.69. The lowest BCUT2D eigenvalue weighted by Gasteiger charge is -2.38. The van der Waals surface area contributed by atoms with Crippen LogP contribution < -0.4 is 10.3 Å². The Labute approximate surface area is 194 Å². The predicted octanol–water partition coefficient (Wildman–Crippen LogP) is 6.41. The van der Waals surface area contributed by atoms with Gasteiger partial charge in [0, 0.05) is 18.6 Å². The normalized spacial score (nSPS) is 16.5. The number of hydrogen-bond donors (Lipinski definition) is 0. The van der Waals surface area contributed by atoms with E-state index >= 15 is 0 Å². The lowest BCUT2D eigenvalue weighted by atomic mass is 9.93. The summed E-state index contributed by atoms with van der Waals surface area (Å²) in [6, 6.07) is 8.08. The molecule has 0 aliphatic heterocycles. The number of halogens is 1. The number of hydrogen-bond acceptors (Lipinski definition) is 5. The minimum Gasteiger partial charge on any atom is -0.462 e. The number of benzene rings is 1. The minimum absolute atomic E-state index is 0.126. The maximum absolute atomic E-state index is 12.5. The molecule has 0 N–H and O–H groups in total. The largest absolute Gasteiger partial charge is 0.462 e. The van der Waals surface area contributed by atoms with E-state index in [1.54, 1.807) is 6.20 Å². The van der Waals surface area contributed by atoms with Crippen LogP contribution in [0.15, 0.2) is 40.2 Å². The molecule has 2 aromatic rings. The third-order valence-corrected chi connectivity index (χ3v) is 6.79. The smallest absolute Gasteiger partial charge is 0.287 e. The zero-order valence-electron chi connectivity index (χ0n) is 19.1. The fourth-order valence-corrected chi connectivity index (χ4v) is 4.93. The fraction of sp³-hybridized carbons (Fsp3) is 0.583. The molecule has 7 heteroatoms. The summed E-state index contributed by atoms with van der Waals surface area (Å²) in [5.74, 6) is 0.997. The second-order valence-corrected chi connectivity index (χ2v) is 10.8. The summed E-state index contributed by atoms with van der Waals surface area (Å²) < 4.78 is 14.0. The highest BCUT2D eigenvalue weighted by Crippen LogP contribution is 2.35. The molecule has 1 saturated carbocycles. The van der Waals surface area contributed by atoms with E-state index in [-0.39, 0.29) is 16.7 Å². The summed E-state index contributed by atoms with van der Waals surface area (Å²) in [6.07, 6.45) is 7.14. The van der Waals surface area contributed by atoms with Gasteiger partial charge in [0.25, 0.3) is 5.56 Å². The first kappa shape index (κ1) is 24.1. The molecule has 31 heavy (non-hydrogen) atoms. The molecule has 3 rings (SSSR count). The van der Waals surface area contributed by atoms with E-state index in [0.29, 0.717) is 10.6 Å². The van der Waals surface area contributed by atoms with Gasteiger partial charge in [0.15, 0.2) is 0 Å². The van der Waals surface area contributed by atoms with Gasteiger partial charge in [-0.3, -0.25) is 4.79 Å². The number of aromatic nitrogens is 2. The van der Waals surface area contributed by atoms with Crippen LogP contribution in [0.4, 0.5) is 0 Å². The second kappa shape index (κ2) is 9.97. The van der Waals surface area contributed by atoms with E-state index in [1.807, 2.05) is 45.0 Å². The summed E-state index contributed by atoms with van der Waals surface area (Å²) in [4.78, 5) is 13.2. The summed E-state index contributed by atoms with van der Waals surface area (Å²) in [7, 11) is 0. The van der Waals surface area contributed by atoms with Crippen LogP contribution in [0.5, 0.6) is 5.75 Å². The van der Waals surface area contributed by atoms with Gasteiger partial charge in [0.05, 0.1) is 22.7 Å². The fourth-order valence-electron chi connectivity index (χ4n) is 3.79. The quantitative estimate of drug-likeness (QED) is 0.350. The van der Waals surface area contributed by atoms with Gasteiger partial charge in [-0.25, -0.2) is 4.68 Å². The third kappa shape index (κ3) is 6.27. The second-order valence-electron chi connectivity index (χ2n) is 9.38. The topological polar surface area (TPSA) is 53.4 Å². The van der Waals surface area contributed by atoms with Crippen LogP contribution in [-0.2, 0) is 16.0 Å². The van der Waals surface area contributed by atoms with Gasteiger partial charge >= 0.3 is 0 Å².